The van der Waals surface area contributed by atoms with Crippen LogP contribution in [0.1, 0.15) is 43.9 Å². The Morgan fingerprint density at radius 2 is 1.70 bits per heavy atom. The van der Waals surface area contributed by atoms with Gasteiger partial charge < -0.3 is 10.6 Å². The van der Waals surface area contributed by atoms with Gasteiger partial charge in [-0.3, -0.25) is 4.79 Å². The van der Waals surface area contributed by atoms with Crippen LogP contribution in [0.15, 0.2) is 48.5 Å². The van der Waals surface area contributed by atoms with Gasteiger partial charge in [-0.1, -0.05) is 55.8 Å². The minimum Gasteiger partial charge on any atom is -0.325 e. The van der Waals surface area contributed by atoms with Gasteiger partial charge in [-0.25, -0.2) is 0 Å². The van der Waals surface area contributed by atoms with E-state index in [1.54, 1.807) is 0 Å². The highest BCUT2D eigenvalue weighted by Crippen LogP contribution is 2.22. The van der Waals surface area contributed by atoms with Crippen LogP contribution in [-0.2, 0) is 4.79 Å². The maximum atomic E-state index is 12.0. The quantitative estimate of drug-likeness (QED) is 0.802. The molecular weight excluding hydrogens is 308 g/mol. The Kier molecular flexibility index (Phi) is 6.20. The third-order valence-electron chi connectivity index (χ3n) is 3.80. The van der Waals surface area contributed by atoms with Crippen LogP contribution in [0.25, 0.3) is 0 Å². The Morgan fingerprint density at radius 1 is 1.04 bits per heavy atom. The van der Waals surface area contributed by atoms with Crippen molar-refractivity contribution in [2.24, 2.45) is 0 Å². The SMILES string of the molecule is CC(C)c1ccc(NC(=O)CNC(C)c2ccccc2Cl)cc1. The van der Waals surface area contributed by atoms with E-state index in [0.29, 0.717) is 10.9 Å². The highest BCUT2D eigenvalue weighted by atomic mass is 35.5. The summed E-state index contributed by atoms with van der Waals surface area (Å²) < 4.78 is 0. The molecule has 0 aliphatic rings. The first kappa shape index (κ1) is 17.5. The molecule has 0 aromatic heterocycles. The lowest BCUT2D eigenvalue weighted by atomic mass is 10.0. The molecule has 0 fully saturated rings. The van der Waals surface area contributed by atoms with Crippen LogP contribution in [-0.4, -0.2) is 12.5 Å². The standard InChI is InChI=1S/C19H23ClN2O/c1-13(2)15-8-10-16(11-9-15)22-19(23)12-21-14(3)17-6-4-5-7-18(17)20/h4-11,13-14,21H,12H2,1-3H3,(H,22,23). The van der Waals surface area contributed by atoms with Gasteiger partial charge in [-0.2, -0.15) is 0 Å². The van der Waals surface area contributed by atoms with Gasteiger partial charge in [0.15, 0.2) is 0 Å². The van der Waals surface area contributed by atoms with Crippen molar-refractivity contribution in [3.05, 3.63) is 64.7 Å². The number of carbonyl (C=O) groups is 1. The van der Waals surface area contributed by atoms with Crippen LogP contribution >= 0.6 is 11.6 Å². The smallest absolute Gasteiger partial charge is 0.238 e. The molecule has 2 aromatic carbocycles. The molecule has 1 atom stereocenters. The Morgan fingerprint density at radius 3 is 2.30 bits per heavy atom. The maximum Gasteiger partial charge on any atom is 0.238 e. The third kappa shape index (κ3) is 5.08. The van der Waals surface area contributed by atoms with E-state index in [9.17, 15) is 4.79 Å². The molecule has 0 saturated carbocycles. The fraction of sp³-hybridized carbons (Fsp3) is 0.316. The minimum atomic E-state index is -0.0683. The van der Waals surface area contributed by atoms with Crippen molar-refractivity contribution in [3.63, 3.8) is 0 Å². The molecular formula is C19H23ClN2O. The summed E-state index contributed by atoms with van der Waals surface area (Å²) in [5.74, 6) is 0.416. The molecule has 0 saturated heterocycles. The second-order valence-corrected chi connectivity index (χ2v) is 6.36. The summed E-state index contributed by atoms with van der Waals surface area (Å²) in [5.41, 5.74) is 3.06. The molecule has 4 heteroatoms. The number of benzene rings is 2. The molecule has 0 heterocycles. The van der Waals surface area contributed by atoms with Crippen LogP contribution < -0.4 is 10.6 Å². The Balaban J connectivity index is 1.86. The summed E-state index contributed by atoms with van der Waals surface area (Å²) in [7, 11) is 0. The lowest BCUT2D eigenvalue weighted by molar-refractivity contribution is -0.115. The number of nitrogens with one attached hydrogen (secondary N) is 2. The van der Waals surface area contributed by atoms with Gasteiger partial charge in [0.1, 0.15) is 0 Å². The van der Waals surface area contributed by atoms with Crippen molar-refractivity contribution < 1.29 is 4.79 Å². The fourth-order valence-electron chi connectivity index (χ4n) is 2.34. The lowest BCUT2D eigenvalue weighted by Crippen LogP contribution is -2.30. The van der Waals surface area contributed by atoms with Crippen molar-refractivity contribution in [1.29, 1.82) is 0 Å². The molecule has 122 valence electrons. The van der Waals surface area contributed by atoms with Gasteiger partial charge in [0.2, 0.25) is 5.91 Å². The number of amides is 1. The van der Waals surface area contributed by atoms with Crippen LogP contribution in [0.2, 0.25) is 5.02 Å². The van der Waals surface area contributed by atoms with Gasteiger partial charge in [0, 0.05) is 16.8 Å². The number of halogens is 1. The largest absolute Gasteiger partial charge is 0.325 e. The molecule has 2 aromatic rings. The summed E-state index contributed by atoms with van der Waals surface area (Å²) in [5, 5.41) is 6.79. The zero-order valence-corrected chi connectivity index (χ0v) is 14.5. The van der Waals surface area contributed by atoms with Crippen molar-refractivity contribution >= 4 is 23.2 Å². The van der Waals surface area contributed by atoms with Gasteiger partial charge in [-0.15, -0.1) is 0 Å². The van der Waals surface area contributed by atoms with Crippen molar-refractivity contribution in [1.82, 2.24) is 5.32 Å². The highest BCUT2D eigenvalue weighted by molar-refractivity contribution is 6.31. The molecule has 0 spiro atoms. The monoisotopic (exact) mass is 330 g/mol. The van der Waals surface area contributed by atoms with Crippen LogP contribution in [0.3, 0.4) is 0 Å². The Bertz CT molecular complexity index is 653. The van der Waals surface area contributed by atoms with Crippen molar-refractivity contribution in [3.8, 4) is 0 Å². The van der Waals surface area contributed by atoms with E-state index in [1.807, 2.05) is 55.5 Å². The molecule has 3 nitrogen and oxygen atoms in total. The summed E-state index contributed by atoms with van der Waals surface area (Å²) in [6.45, 7) is 6.52. The predicted molar refractivity (Wildman–Crippen MR) is 97.0 cm³/mol. The Labute approximate surface area is 143 Å². The average molecular weight is 331 g/mol. The van der Waals surface area contributed by atoms with Crippen molar-refractivity contribution in [2.75, 3.05) is 11.9 Å². The summed E-state index contributed by atoms with van der Waals surface area (Å²) in [4.78, 5) is 12.0. The van der Waals surface area contributed by atoms with E-state index in [4.69, 9.17) is 11.6 Å². The second-order valence-electron chi connectivity index (χ2n) is 5.95. The first-order valence-corrected chi connectivity index (χ1v) is 8.22. The fourth-order valence-corrected chi connectivity index (χ4v) is 2.64. The minimum absolute atomic E-state index is 0.0118. The van der Waals surface area contributed by atoms with Gasteiger partial charge in [-0.05, 0) is 42.2 Å². The highest BCUT2D eigenvalue weighted by Gasteiger charge is 2.10. The molecule has 23 heavy (non-hydrogen) atoms. The van der Waals surface area contributed by atoms with Gasteiger partial charge in [0.05, 0.1) is 6.54 Å². The topological polar surface area (TPSA) is 41.1 Å². The number of hydrogen-bond donors (Lipinski definition) is 2. The van der Waals surface area contributed by atoms with E-state index in [2.05, 4.69) is 24.5 Å². The molecule has 2 N–H and O–H groups in total. The van der Waals surface area contributed by atoms with Crippen molar-refractivity contribution in [2.45, 2.75) is 32.7 Å². The zero-order chi connectivity index (χ0) is 16.8. The Hall–Kier alpha value is -1.84. The molecule has 1 amide bonds. The summed E-state index contributed by atoms with van der Waals surface area (Å²) in [6.07, 6.45) is 0. The predicted octanol–water partition coefficient (Wildman–Crippen LogP) is 4.75. The molecule has 0 bridgehead atoms. The number of carbonyl (C=O) groups excluding carboxylic acids is 1. The molecule has 0 aliphatic carbocycles. The van der Waals surface area contributed by atoms with E-state index >= 15 is 0 Å². The lowest BCUT2D eigenvalue weighted by Gasteiger charge is -2.15. The number of rotatable bonds is 6. The number of anilines is 1. The second kappa shape index (κ2) is 8.14. The molecule has 0 aliphatic heterocycles. The maximum absolute atomic E-state index is 12.0. The van der Waals surface area contributed by atoms with Gasteiger partial charge >= 0.3 is 0 Å². The normalized spacial score (nSPS) is 12.2. The van der Waals surface area contributed by atoms with Crippen LogP contribution in [0.5, 0.6) is 0 Å². The van der Waals surface area contributed by atoms with Gasteiger partial charge in [0.25, 0.3) is 0 Å². The summed E-state index contributed by atoms with van der Waals surface area (Å²) >= 11 is 6.16. The summed E-state index contributed by atoms with van der Waals surface area (Å²) in [6, 6.07) is 15.6. The molecule has 0 radical (unpaired) electrons. The van der Waals surface area contributed by atoms with E-state index in [-0.39, 0.29) is 18.5 Å². The van der Waals surface area contributed by atoms with Crippen LogP contribution in [0, 0.1) is 0 Å². The zero-order valence-electron chi connectivity index (χ0n) is 13.8. The average Bonchev–Trinajstić information content (AvgIpc) is 2.53. The van der Waals surface area contributed by atoms with Crippen LogP contribution in [0.4, 0.5) is 5.69 Å². The van der Waals surface area contributed by atoms with E-state index in [1.165, 1.54) is 5.56 Å². The third-order valence-corrected chi connectivity index (χ3v) is 4.15. The van der Waals surface area contributed by atoms with E-state index < -0.39 is 0 Å². The first-order valence-electron chi connectivity index (χ1n) is 7.85. The molecule has 1 unspecified atom stereocenters. The van der Waals surface area contributed by atoms with E-state index in [0.717, 1.165) is 11.3 Å². The molecule has 2 rings (SSSR count). The first-order chi connectivity index (χ1) is 11.0. The number of hydrogen-bond acceptors (Lipinski definition) is 2.